The third kappa shape index (κ3) is 3.61. The Kier molecular flexibility index (Phi) is 5.64. The quantitative estimate of drug-likeness (QED) is 0.438. The van der Waals surface area contributed by atoms with Crippen LogP contribution in [0.4, 0.5) is 11.4 Å². The first-order chi connectivity index (χ1) is 15.1. The Morgan fingerprint density at radius 1 is 0.938 bits per heavy atom. The van der Waals surface area contributed by atoms with Gasteiger partial charge in [0.25, 0.3) is 5.69 Å². The van der Waals surface area contributed by atoms with Crippen molar-refractivity contribution in [2.45, 2.75) is 32.6 Å². The van der Waals surface area contributed by atoms with E-state index in [4.69, 9.17) is 0 Å². The number of aromatic nitrogens is 1. The number of hydrogen-bond acceptors (Lipinski definition) is 6. The van der Waals surface area contributed by atoms with Crippen LogP contribution in [0.15, 0.2) is 41.6 Å². The Balaban J connectivity index is 1.64. The van der Waals surface area contributed by atoms with E-state index in [0.717, 1.165) is 33.3 Å². The van der Waals surface area contributed by atoms with E-state index in [1.807, 2.05) is 33.8 Å². The largest absolute Gasteiger partial charge is 0.368 e. The van der Waals surface area contributed by atoms with E-state index in [9.17, 15) is 18.5 Å². The van der Waals surface area contributed by atoms with E-state index >= 15 is 0 Å². The molecule has 1 aromatic heterocycles. The summed E-state index contributed by atoms with van der Waals surface area (Å²) in [6.07, 6.45) is 3.12. The van der Waals surface area contributed by atoms with Crippen molar-refractivity contribution in [3.8, 4) is 0 Å². The molecule has 1 saturated heterocycles. The monoisotopic (exact) mass is 454 g/mol. The van der Waals surface area contributed by atoms with Gasteiger partial charge in [0.1, 0.15) is 0 Å². The first-order valence-electron chi connectivity index (χ1n) is 10.5. The summed E-state index contributed by atoms with van der Waals surface area (Å²) in [5.74, 6) is 0. The molecule has 9 heteroatoms. The lowest BCUT2D eigenvalue weighted by Gasteiger charge is -2.36. The number of hydrogen-bond donors (Lipinski definition) is 0. The summed E-state index contributed by atoms with van der Waals surface area (Å²) >= 11 is 0. The molecule has 0 saturated carbocycles. The van der Waals surface area contributed by atoms with E-state index in [1.165, 1.54) is 12.3 Å². The second-order valence-electron chi connectivity index (χ2n) is 8.26. The maximum absolute atomic E-state index is 13.5. The van der Waals surface area contributed by atoms with Crippen molar-refractivity contribution in [3.05, 3.63) is 69.0 Å². The number of rotatable bonds is 4. The second-order valence-corrected chi connectivity index (χ2v) is 10.1. The lowest BCUT2D eigenvalue weighted by Crippen LogP contribution is -2.49. The summed E-state index contributed by atoms with van der Waals surface area (Å²) in [5.41, 5.74) is 4.39. The van der Waals surface area contributed by atoms with Crippen LogP contribution < -0.4 is 4.90 Å². The van der Waals surface area contributed by atoms with Crippen LogP contribution in [0.25, 0.3) is 10.8 Å². The Labute approximate surface area is 187 Å². The maximum Gasteiger partial charge on any atom is 0.278 e. The Morgan fingerprint density at radius 2 is 1.56 bits per heavy atom. The van der Waals surface area contributed by atoms with Gasteiger partial charge < -0.3 is 4.90 Å². The van der Waals surface area contributed by atoms with E-state index in [1.54, 1.807) is 22.6 Å². The van der Waals surface area contributed by atoms with Crippen LogP contribution in [-0.4, -0.2) is 48.8 Å². The highest BCUT2D eigenvalue weighted by molar-refractivity contribution is 7.89. The van der Waals surface area contributed by atoms with Crippen molar-refractivity contribution in [2.75, 3.05) is 31.1 Å². The van der Waals surface area contributed by atoms with E-state index < -0.39 is 14.9 Å². The molecule has 0 amide bonds. The Hall–Kier alpha value is -3.04. The lowest BCUT2D eigenvalue weighted by atomic mass is 10.0. The molecule has 0 spiro atoms. The van der Waals surface area contributed by atoms with Gasteiger partial charge in [-0.1, -0.05) is 6.07 Å². The summed E-state index contributed by atoms with van der Waals surface area (Å²) in [4.78, 5) is 17.5. The molecule has 2 aromatic carbocycles. The highest BCUT2D eigenvalue weighted by Gasteiger charge is 2.32. The fourth-order valence-electron chi connectivity index (χ4n) is 4.46. The lowest BCUT2D eigenvalue weighted by molar-refractivity contribution is -0.383. The predicted octanol–water partition coefficient (Wildman–Crippen LogP) is 3.89. The number of non-ortho nitro benzene ring substituents is 1. The average Bonchev–Trinajstić information content (AvgIpc) is 2.77. The molecule has 4 rings (SSSR count). The zero-order valence-corrected chi connectivity index (χ0v) is 19.4. The van der Waals surface area contributed by atoms with Crippen molar-refractivity contribution >= 4 is 32.2 Å². The van der Waals surface area contributed by atoms with Crippen LogP contribution in [0.2, 0.25) is 0 Å². The molecule has 0 bridgehead atoms. The van der Waals surface area contributed by atoms with Gasteiger partial charge in [0, 0.05) is 55.7 Å². The zero-order chi connectivity index (χ0) is 23.2. The summed E-state index contributed by atoms with van der Waals surface area (Å²) in [7, 11) is -3.63. The molecule has 32 heavy (non-hydrogen) atoms. The number of pyridine rings is 1. The topological polar surface area (TPSA) is 96.7 Å². The molecule has 3 aromatic rings. The first-order valence-corrected chi connectivity index (χ1v) is 11.9. The molecule has 0 N–H and O–H groups in total. The van der Waals surface area contributed by atoms with Crippen molar-refractivity contribution < 1.29 is 13.3 Å². The number of aryl methyl sites for hydroxylation is 2. The fraction of sp³-hybridized carbons (Fsp3) is 0.348. The minimum Gasteiger partial charge on any atom is -0.368 e. The molecule has 0 atom stereocenters. The van der Waals surface area contributed by atoms with Crippen molar-refractivity contribution in [1.29, 1.82) is 0 Å². The summed E-state index contributed by atoms with van der Waals surface area (Å²) in [5, 5.41) is 12.6. The number of nitro benzene ring substituents is 1. The second kappa shape index (κ2) is 8.14. The van der Waals surface area contributed by atoms with Gasteiger partial charge >= 0.3 is 0 Å². The van der Waals surface area contributed by atoms with Gasteiger partial charge in [-0.3, -0.25) is 15.1 Å². The van der Waals surface area contributed by atoms with Crippen molar-refractivity contribution in [3.63, 3.8) is 0 Å². The Bertz CT molecular complexity index is 1300. The smallest absolute Gasteiger partial charge is 0.278 e. The fourth-order valence-corrected chi connectivity index (χ4v) is 6.46. The third-order valence-electron chi connectivity index (χ3n) is 6.44. The van der Waals surface area contributed by atoms with Gasteiger partial charge in [0.2, 0.25) is 10.0 Å². The number of anilines is 1. The zero-order valence-electron chi connectivity index (χ0n) is 18.6. The van der Waals surface area contributed by atoms with Gasteiger partial charge in [-0.2, -0.15) is 4.31 Å². The van der Waals surface area contributed by atoms with E-state index in [-0.39, 0.29) is 5.69 Å². The highest BCUT2D eigenvalue weighted by atomic mass is 32.2. The Morgan fingerprint density at radius 3 is 2.16 bits per heavy atom. The van der Waals surface area contributed by atoms with Gasteiger partial charge in [-0.25, -0.2) is 8.42 Å². The minimum absolute atomic E-state index is 0.0128. The standard InChI is InChI=1S/C23H26N4O4S/c1-15-13-16(2)18(4)23(17(15)3)32(30,31)26-11-9-25(10-12-26)21-5-6-22(27(28)29)20-14-24-8-7-19(20)21/h5-8,13-14H,9-12H2,1-4H3. The molecule has 168 valence electrons. The summed E-state index contributed by atoms with van der Waals surface area (Å²) < 4.78 is 28.6. The third-order valence-corrected chi connectivity index (χ3v) is 8.62. The van der Waals surface area contributed by atoms with Gasteiger partial charge in [0.15, 0.2) is 0 Å². The van der Waals surface area contributed by atoms with E-state index in [2.05, 4.69) is 9.88 Å². The van der Waals surface area contributed by atoms with Crippen LogP contribution in [0, 0.1) is 37.8 Å². The average molecular weight is 455 g/mol. The van der Waals surface area contributed by atoms with Crippen LogP contribution >= 0.6 is 0 Å². The molecule has 0 unspecified atom stereocenters. The molecule has 1 fully saturated rings. The summed E-state index contributed by atoms with van der Waals surface area (Å²) in [6.45, 7) is 9.29. The number of nitrogens with zero attached hydrogens (tertiary/aromatic N) is 4. The molecule has 0 radical (unpaired) electrons. The van der Waals surface area contributed by atoms with Crippen LogP contribution in [0.3, 0.4) is 0 Å². The SMILES string of the molecule is Cc1cc(C)c(C)c(S(=O)(=O)N2CCN(c3ccc([N+](=O)[O-])c4cnccc34)CC2)c1C. The van der Waals surface area contributed by atoms with Gasteiger partial charge in [-0.05, 0) is 62.1 Å². The number of sulfonamides is 1. The number of fused-ring (bicyclic) bond motifs is 1. The molecular weight excluding hydrogens is 428 g/mol. The van der Waals surface area contributed by atoms with Crippen molar-refractivity contribution in [2.24, 2.45) is 0 Å². The van der Waals surface area contributed by atoms with Crippen molar-refractivity contribution in [1.82, 2.24) is 9.29 Å². The van der Waals surface area contributed by atoms with Crippen LogP contribution in [-0.2, 0) is 10.0 Å². The number of benzene rings is 2. The molecule has 2 heterocycles. The molecular formula is C23H26N4O4S. The van der Waals surface area contributed by atoms with Crippen LogP contribution in [0.1, 0.15) is 22.3 Å². The number of nitro groups is 1. The maximum atomic E-state index is 13.5. The van der Waals surface area contributed by atoms with Crippen LogP contribution in [0.5, 0.6) is 0 Å². The van der Waals surface area contributed by atoms with E-state index in [0.29, 0.717) is 36.5 Å². The predicted molar refractivity (Wildman–Crippen MR) is 125 cm³/mol. The minimum atomic E-state index is -3.63. The molecule has 1 aliphatic rings. The number of piperazine rings is 1. The van der Waals surface area contributed by atoms with Gasteiger partial charge in [0.05, 0.1) is 15.2 Å². The molecule has 8 nitrogen and oxygen atoms in total. The first kappa shape index (κ1) is 22.2. The molecule has 1 aliphatic heterocycles. The molecule has 0 aliphatic carbocycles. The van der Waals surface area contributed by atoms with Gasteiger partial charge in [-0.15, -0.1) is 0 Å². The normalized spacial score (nSPS) is 15.3. The highest BCUT2D eigenvalue weighted by Crippen LogP contribution is 2.34. The summed E-state index contributed by atoms with van der Waals surface area (Å²) in [6, 6.07) is 7.02.